The summed E-state index contributed by atoms with van der Waals surface area (Å²) in [5.41, 5.74) is 5.74. The molecule has 0 spiro atoms. The van der Waals surface area contributed by atoms with Crippen molar-refractivity contribution < 1.29 is 13.6 Å². The van der Waals surface area contributed by atoms with Crippen molar-refractivity contribution >= 4 is 11.6 Å². The summed E-state index contributed by atoms with van der Waals surface area (Å²) >= 11 is 0. The molecule has 0 bridgehead atoms. The molecule has 4 nitrogen and oxygen atoms in total. The first-order valence-corrected chi connectivity index (χ1v) is 6.80. The number of nitrogens with two attached hydrogens (primary N) is 1. The molecule has 0 saturated heterocycles. The van der Waals surface area contributed by atoms with E-state index in [1.165, 1.54) is 18.2 Å². The Morgan fingerprint density at radius 1 is 1.33 bits per heavy atom. The van der Waals surface area contributed by atoms with Crippen LogP contribution in [0.25, 0.3) is 0 Å². The maximum absolute atomic E-state index is 13.5. The Balaban J connectivity index is 2.24. The zero-order valence-electron chi connectivity index (χ0n) is 12.4. The lowest BCUT2D eigenvalue weighted by molar-refractivity contribution is 0.0675. The highest BCUT2D eigenvalue weighted by Gasteiger charge is 2.21. The van der Waals surface area contributed by atoms with Crippen molar-refractivity contribution in [3.05, 3.63) is 53.2 Å². The Morgan fingerprint density at radius 3 is 2.57 bits per heavy atom. The lowest BCUT2D eigenvalue weighted by Gasteiger charge is -2.26. The molecule has 0 fully saturated rings. The van der Waals surface area contributed by atoms with Crippen molar-refractivity contribution in [3.63, 3.8) is 0 Å². The van der Waals surface area contributed by atoms with Gasteiger partial charge in [0, 0.05) is 11.6 Å². The van der Waals surface area contributed by atoms with Gasteiger partial charge in [0.1, 0.15) is 17.3 Å². The van der Waals surface area contributed by atoms with Crippen molar-refractivity contribution in [1.29, 1.82) is 0 Å². The topological polar surface area (TPSA) is 59.5 Å². The Labute approximate surface area is 123 Å². The van der Waals surface area contributed by atoms with E-state index in [-0.39, 0.29) is 23.2 Å². The molecular weight excluding hydrogens is 271 g/mol. The summed E-state index contributed by atoms with van der Waals surface area (Å²) in [6, 6.07) is 7.74. The Hall–Kier alpha value is -2.30. The van der Waals surface area contributed by atoms with Gasteiger partial charge in [0.2, 0.25) is 0 Å². The van der Waals surface area contributed by atoms with Gasteiger partial charge in [-0.3, -0.25) is 4.79 Å². The predicted octanol–water partition coefficient (Wildman–Crippen LogP) is 3.36. The molecule has 0 aliphatic carbocycles. The maximum atomic E-state index is 13.5. The molecule has 0 radical (unpaired) electrons. The minimum absolute atomic E-state index is 0.0318. The SMILES string of the molecule is Cc1ccc(CN(C(=O)c2ccc(N)c(F)c2)C(C)C)o1. The number of nitrogens with zero attached hydrogens (tertiary/aromatic N) is 1. The number of anilines is 1. The van der Waals surface area contributed by atoms with E-state index in [4.69, 9.17) is 10.2 Å². The molecule has 0 aliphatic rings. The quantitative estimate of drug-likeness (QED) is 0.878. The molecule has 1 aromatic heterocycles. The van der Waals surface area contributed by atoms with Gasteiger partial charge in [-0.05, 0) is 51.1 Å². The second kappa shape index (κ2) is 5.99. The van der Waals surface area contributed by atoms with E-state index >= 15 is 0 Å². The van der Waals surface area contributed by atoms with E-state index in [1.54, 1.807) is 4.90 Å². The fraction of sp³-hybridized carbons (Fsp3) is 0.312. The van der Waals surface area contributed by atoms with Crippen LogP contribution in [0.2, 0.25) is 0 Å². The highest BCUT2D eigenvalue weighted by atomic mass is 19.1. The van der Waals surface area contributed by atoms with Crippen molar-refractivity contribution in [3.8, 4) is 0 Å². The largest absolute Gasteiger partial charge is 0.464 e. The van der Waals surface area contributed by atoms with Crippen molar-refractivity contribution in [1.82, 2.24) is 4.90 Å². The molecule has 1 heterocycles. The molecule has 5 heteroatoms. The van der Waals surface area contributed by atoms with Gasteiger partial charge in [0.25, 0.3) is 5.91 Å². The summed E-state index contributed by atoms with van der Waals surface area (Å²) in [6.07, 6.45) is 0. The van der Waals surface area contributed by atoms with Crippen LogP contribution in [0, 0.1) is 12.7 Å². The summed E-state index contributed by atoms with van der Waals surface area (Å²) in [6.45, 7) is 6.00. The number of amides is 1. The Kier molecular flexibility index (Phi) is 4.31. The molecule has 1 aromatic carbocycles. The number of rotatable bonds is 4. The van der Waals surface area contributed by atoms with Gasteiger partial charge in [-0.2, -0.15) is 0 Å². The normalized spacial score (nSPS) is 10.9. The van der Waals surface area contributed by atoms with Gasteiger partial charge < -0.3 is 15.1 Å². The van der Waals surface area contributed by atoms with Crippen molar-refractivity contribution in [2.24, 2.45) is 0 Å². The van der Waals surface area contributed by atoms with E-state index in [1.807, 2.05) is 32.9 Å². The minimum atomic E-state index is -0.585. The van der Waals surface area contributed by atoms with Crippen LogP contribution in [-0.4, -0.2) is 16.8 Å². The van der Waals surface area contributed by atoms with Gasteiger partial charge in [-0.1, -0.05) is 0 Å². The van der Waals surface area contributed by atoms with E-state index in [0.29, 0.717) is 12.3 Å². The number of hydrogen-bond donors (Lipinski definition) is 1. The first kappa shape index (κ1) is 15.1. The third-order valence-electron chi connectivity index (χ3n) is 3.25. The summed E-state index contributed by atoms with van der Waals surface area (Å²) in [7, 11) is 0. The van der Waals surface area contributed by atoms with E-state index < -0.39 is 5.82 Å². The zero-order chi connectivity index (χ0) is 15.6. The van der Waals surface area contributed by atoms with Gasteiger partial charge in [0.15, 0.2) is 0 Å². The van der Waals surface area contributed by atoms with E-state index in [0.717, 1.165) is 5.76 Å². The number of carbonyl (C=O) groups is 1. The molecule has 0 saturated carbocycles. The van der Waals surface area contributed by atoms with Crippen LogP contribution >= 0.6 is 0 Å². The summed E-state index contributed by atoms with van der Waals surface area (Å²) < 4.78 is 19.0. The monoisotopic (exact) mass is 290 g/mol. The van der Waals surface area contributed by atoms with Crippen LogP contribution in [0.15, 0.2) is 34.7 Å². The van der Waals surface area contributed by atoms with E-state index in [9.17, 15) is 9.18 Å². The molecule has 0 atom stereocenters. The third-order valence-corrected chi connectivity index (χ3v) is 3.25. The van der Waals surface area contributed by atoms with Gasteiger partial charge in [-0.25, -0.2) is 4.39 Å². The molecule has 21 heavy (non-hydrogen) atoms. The third kappa shape index (κ3) is 3.42. The number of hydrogen-bond acceptors (Lipinski definition) is 3. The second-order valence-corrected chi connectivity index (χ2v) is 5.28. The highest BCUT2D eigenvalue weighted by molar-refractivity contribution is 5.94. The molecule has 1 amide bonds. The van der Waals surface area contributed by atoms with Crippen LogP contribution in [0.3, 0.4) is 0 Å². The second-order valence-electron chi connectivity index (χ2n) is 5.28. The van der Waals surface area contributed by atoms with Crippen LogP contribution in [-0.2, 0) is 6.54 Å². The van der Waals surface area contributed by atoms with Crippen LogP contribution in [0.1, 0.15) is 35.7 Å². The van der Waals surface area contributed by atoms with Gasteiger partial charge in [-0.15, -0.1) is 0 Å². The van der Waals surface area contributed by atoms with Crippen molar-refractivity contribution in [2.45, 2.75) is 33.4 Å². The minimum Gasteiger partial charge on any atom is -0.464 e. The number of nitrogen functional groups attached to an aromatic ring is 1. The number of aryl methyl sites for hydroxylation is 1. The van der Waals surface area contributed by atoms with Gasteiger partial charge in [0.05, 0.1) is 12.2 Å². The average molecular weight is 290 g/mol. The predicted molar refractivity (Wildman–Crippen MR) is 79.3 cm³/mol. The Bertz CT molecular complexity index is 649. The number of furan rings is 1. The zero-order valence-corrected chi connectivity index (χ0v) is 12.4. The standard InChI is InChI=1S/C16H19FN2O2/c1-10(2)19(9-13-6-4-11(3)21-13)16(20)12-5-7-15(18)14(17)8-12/h4-8,10H,9,18H2,1-3H3. The molecule has 112 valence electrons. The Morgan fingerprint density at radius 2 is 2.05 bits per heavy atom. The summed E-state index contributed by atoms with van der Waals surface area (Å²) in [4.78, 5) is 14.2. The molecule has 0 unspecified atom stereocenters. The number of benzene rings is 1. The summed E-state index contributed by atoms with van der Waals surface area (Å²) in [5.74, 6) is 0.654. The maximum Gasteiger partial charge on any atom is 0.254 e. The molecule has 2 N–H and O–H groups in total. The lowest BCUT2D eigenvalue weighted by atomic mass is 10.1. The molecular formula is C16H19FN2O2. The number of carbonyl (C=O) groups excluding carboxylic acids is 1. The van der Waals surface area contributed by atoms with E-state index in [2.05, 4.69) is 0 Å². The average Bonchev–Trinajstić information content (AvgIpc) is 2.83. The highest BCUT2D eigenvalue weighted by Crippen LogP contribution is 2.18. The molecule has 2 aromatic rings. The fourth-order valence-corrected chi connectivity index (χ4v) is 2.05. The van der Waals surface area contributed by atoms with Crippen LogP contribution < -0.4 is 5.73 Å². The van der Waals surface area contributed by atoms with Gasteiger partial charge >= 0.3 is 0 Å². The van der Waals surface area contributed by atoms with Crippen LogP contribution in [0.5, 0.6) is 0 Å². The smallest absolute Gasteiger partial charge is 0.254 e. The summed E-state index contributed by atoms with van der Waals surface area (Å²) in [5, 5.41) is 0. The van der Waals surface area contributed by atoms with Crippen molar-refractivity contribution in [2.75, 3.05) is 5.73 Å². The first-order chi connectivity index (χ1) is 9.88. The molecule has 0 aliphatic heterocycles. The fourth-order valence-electron chi connectivity index (χ4n) is 2.05. The number of halogens is 1. The first-order valence-electron chi connectivity index (χ1n) is 6.80. The molecule has 2 rings (SSSR count). The van der Waals surface area contributed by atoms with Crippen LogP contribution in [0.4, 0.5) is 10.1 Å². The lowest BCUT2D eigenvalue weighted by Crippen LogP contribution is -2.36.